The van der Waals surface area contributed by atoms with Crippen molar-refractivity contribution >= 4 is 23.5 Å². The van der Waals surface area contributed by atoms with Crippen LogP contribution in [0.5, 0.6) is 0 Å². The molecule has 0 aromatic heterocycles. The first kappa shape index (κ1) is 9.17. The molecule has 0 atom stereocenters. The van der Waals surface area contributed by atoms with Gasteiger partial charge >= 0.3 is 0 Å². The van der Waals surface area contributed by atoms with E-state index in [2.05, 4.69) is 47.8 Å². The maximum atomic E-state index is 2.27. The van der Waals surface area contributed by atoms with Crippen LogP contribution in [0.15, 0.2) is 34.1 Å². The van der Waals surface area contributed by atoms with E-state index in [4.69, 9.17) is 0 Å². The lowest BCUT2D eigenvalue weighted by molar-refractivity contribution is 0.205. The smallest absolute Gasteiger partial charge is 0.0208 e. The minimum Gasteiger partial charge on any atom is -0.124 e. The molecule has 74 valence electrons. The summed E-state index contributed by atoms with van der Waals surface area (Å²) in [5.74, 6) is 2.69. The van der Waals surface area contributed by atoms with Gasteiger partial charge in [-0.2, -0.15) is 0 Å². The summed E-state index contributed by atoms with van der Waals surface area (Å²) in [7, 11) is 0. The molecule has 0 radical (unpaired) electrons. The number of hydrogen-bond donors (Lipinski definition) is 0. The zero-order valence-electron chi connectivity index (χ0n) is 8.16. The summed E-state index contributed by atoms with van der Waals surface area (Å²) >= 11 is 4.14. The third kappa shape index (κ3) is 1.49. The molecule has 1 aliphatic carbocycles. The molecule has 0 bridgehead atoms. The van der Waals surface area contributed by atoms with Gasteiger partial charge in [0.05, 0.1) is 0 Å². The van der Waals surface area contributed by atoms with Gasteiger partial charge in [-0.1, -0.05) is 18.6 Å². The van der Waals surface area contributed by atoms with Crippen LogP contribution in [0, 0.1) is 5.41 Å². The van der Waals surface area contributed by atoms with Crippen LogP contribution in [0.1, 0.15) is 19.3 Å². The standard InChI is InChI=1S/C12H14S2/c1-2-5-11-10(4-1)13-8-12(9-14-11)6-3-7-12/h1-2,4-5H,3,6-9H2. The molecule has 0 unspecified atom stereocenters. The average Bonchev–Trinajstić information content (AvgIpc) is 2.36. The number of fused-ring (bicyclic) bond motifs is 1. The van der Waals surface area contributed by atoms with Gasteiger partial charge in [-0.05, 0) is 30.4 Å². The van der Waals surface area contributed by atoms with E-state index in [1.807, 2.05) is 0 Å². The summed E-state index contributed by atoms with van der Waals surface area (Å²) in [5, 5.41) is 0. The highest BCUT2D eigenvalue weighted by Crippen LogP contribution is 2.51. The summed E-state index contributed by atoms with van der Waals surface area (Å²) in [6.07, 6.45) is 4.37. The molecular formula is C12H14S2. The molecule has 0 N–H and O–H groups in total. The van der Waals surface area contributed by atoms with E-state index in [-0.39, 0.29) is 0 Å². The molecule has 0 saturated heterocycles. The highest BCUT2D eigenvalue weighted by Gasteiger charge is 2.38. The summed E-state index contributed by atoms with van der Waals surface area (Å²) in [6, 6.07) is 8.85. The fourth-order valence-corrected chi connectivity index (χ4v) is 5.12. The van der Waals surface area contributed by atoms with Gasteiger partial charge in [-0.25, -0.2) is 0 Å². The zero-order valence-corrected chi connectivity index (χ0v) is 9.79. The molecule has 1 aromatic rings. The van der Waals surface area contributed by atoms with E-state index in [1.54, 1.807) is 0 Å². The van der Waals surface area contributed by atoms with E-state index < -0.39 is 0 Å². The van der Waals surface area contributed by atoms with Crippen molar-refractivity contribution in [3.8, 4) is 0 Å². The molecule has 2 heteroatoms. The molecule has 1 saturated carbocycles. The van der Waals surface area contributed by atoms with Crippen LogP contribution in [-0.2, 0) is 0 Å². The Morgan fingerprint density at radius 2 is 1.50 bits per heavy atom. The van der Waals surface area contributed by atoms with Crippen LogP contribution in [0.25, 0.3) is 0 Å². The summed E-state index contributed by atoms with van der Waals surface area (Å²) in [5.41, 5.74) is 0.689. The Kier molecular flexibility index (Phi) is 2.29. The molecule has 0 nitrogen and oxygen atoms in total. The third-order valence-electron chi connectivity index (χ3n) is 3.33. The summed E-state index contributed by atoms with van der Waals surface area (Å²) in [4.78, 5) is 3.00. The topological polar surface area (TPSA) is 0 Å². The van der Waals surface area contributed by atoms with Gasteiger partial charge < -0.3 is 0 Å². The predicted octanol–water partition coefficient (Wildman–Crippen LogP) is 4.05. The SMILES string of the molecule is c1ccc2c(c1)SCC1(CCC1)CS2. The maximum absolute atomic E-state index is 2.27. The second-order valence-corrected chi connectivity index (χ2v) is 6.41. The van der Waals surface area contributed by atoms with E-state index in [1.165, 1.54) is 40.6 Å². The molecule has 1 spiro atoms. The van der Waals surface area contributed by atoms with E-state index in [0.717, 1.165) is 0 Å². The highest BCUT2D eigenvalue weighted by molar-refractivity contribution is 8.03. The minimum atomic E-state index is 0.689. The summed E-state index contributed by atoms with van der Waals surface area (Å²) in [6.45, 7) is 0. The van der Waals surface area contributed by atoms with Crippen molar-refractivity contribution in [1.29, 1.82) is 0 Å². The first-order valence-corrected chi connectivity index (χ1v) is 7.20. The van der Waals surface area contributed by atoms with Crippen molar-refractivity contribution in [2.45, 2.75) is 29.1 Å². The van der Waals surface area contributed by atoms with Crippen molar-refractivity contribution in [1.82, 2.24) is 0 Å². The van der Waals surface area contributed by atoms with Gasteiger partial charge in [0.25, 0.3) is 0 Å². The highest BCUT2D eigenvalue weighted by atomic mass is 32.2. The molecule has 1 heterocycles. The number of thioether (sulfide) groups is 2. The van der Waals surface area contributed by atoms with Crippen molar-refractivity contribution in [2.24, 2.45) is 5.41 Å². The molecule has 0 amide bonds. The fraction of sp³-hybridized carbons (Fsp3) is 0.500. The monoisotopic (exact) mass is 222 g/mol. The van der Waals surface area contributed by atoms with Crippen LogP contribution in [-0.4, -0.2) is 11.5 Å². The van der Waals surface area contributed by atoms with Crippen LogP contribution >= 0.6 is 23.5 Å². The molecule has 2 aliphatic rings. The minimum absolute atomic E-state index is 0.689. The van der Waals surface area contributed by atoms with E-state index in [9.17, 15) is 0 Å². The first-order valence-electron chi connectivity index (χ1n) is 5.23. The van der Waals surface area contributed by atoms with Gasteiger partial charge in [0, 0.05) is 21.3 Å². The van der Waals surface area contributed by atoms with Gasteiger partial charge in [0.2, 0.25) is 0 Å². The largest absolute Gasteiger partial charge is 0.124 e. The molecule has 1 aliphatic heterocycles. The number of rotatable bonds is 0. The Morgan fingerprint density at radius 1 is 0.929 bits per heavy atom. The third-order valence-corrected chi connectivity index (χ3v) is 6.31. The molecule has 14 heavy (non-hydrogen) atoms. The lowest BCUT2D eigenvalue weighted by Crippen LogP contribution is -2.33. The van der Waals surface area contributed by atoms with Gasteiger partial charge in [0.15, 0.2) is 0 Å². The Morgan fingerprint density at radius 3 is 1.93 bits per heavy atom. The lowest BCUT2D eigenvalue weighted by Gasteiger charge is -2.40. The van der Waals surface area contributed by atoms with E-state index >= 15 is 0 Å². The second kappa shape index (κ2) is 3.49. The van der Waals surface area contributed by atoms with Gasteiger partial charge in [-0.15, -0.1) is 23.5 Å². The van der Waals surface area contributed by atoms with Gasteiger partial charge in [-0.3, -0.25) is 0 Å². The summed E-state index contributed by atoms with van der Waals surface area (Å²) < 4.78 is 0. The Bertz CT molecular complexity index is 313. The van der Waals surface area contributed by atoms with Crippen LogP contribution < -0.4 is 0 Å². The zero-order chi connectivity index (χ0) is 9.43. The molecule has 1 aromatic carbocycles. The molecular weight excluding hydrogens is 208 g/mol. The number of hydrogen-bond acceptors (Lipinski definition) is 2. The Labute approximate surface area is 93.9 Å². The van der Waals surface area contributed by atoms with Crippen LogP contribution in [0.3, 0.4) is 0 Å². The predicted molar refractivity (Wildman–Crippen MR) is 64.2 cm³/mol. The van der Waals surface area contributed by atoms with Crippen molar-refractivity contribution < 1.29 is 0 Å². The maximum Gasteiger partial charge on any atom is 0.0208 e. The second-order valence-electron chi connectivity index (χ2n) is 4.38. The molecule has 3 rings (SSSR count). The van der Waals surface area contributed by atoms with Crippen molar-refractivity contribution in [3.63, 3.8) is 0 Å². The van der Waals surface area contributed by atoms with Crippen molar-refractivity contribution in [2.75, 3.05) is 11.5 Å². The Hall–Kier alpha value is -0.0800. The lowest BCUT2D eigenvalue weighted by atomic mass is 9.72. The fourth-order valence-electron chi connectivity index (χ4n) is 2.16. The Balaban J connectivity index is 1.86. The van der Waals surface area contributed by atoms with Crippen LogP contribution in [0.2, 0.25) is 0 Å². The number of benzene rings is 1. The average molecular weight is 222 g/mol. The van der Waals surface area contributed by atoms with Crippen molar-refractivity contribution in [3.05, 3.63) is 24.3 Å². The van der Waals surface area contributed by atoms with Crippen LogP contribution in [0.4, 0.5) is 0 Å². The molecule has 1 fully saturated rings. The quantitative estimate of drug-likeness (QED) is 0.649. The first-order chi connectivity index (χ1) is 6.88. The normalized spacial score (nSPS) is 23.7. The van der Waals surface area contributed by atoms with E-state index in [0.29, 0.717) is 5.41 Å². The van der Waals surface area contributed by atoms with Gasteiger partial charge in [0.1, 0.15) is 0 Å².